The fraction of sp³-hybridized carbons (Fsp3) is 0.393. The Hall–Kier alpha value is -3.41. The van der Waals surface area contributed by atoms with Gasteiger partial charge < -0.3 is 15.1 Å². The van der Waals surface area contributed by atoms with E-state index in [0.717, 1.165) is 31.2 Å². The van der Waals surface area contributed by atoms with Gasteiger partial charge in [-0.25, -0.2) is 0 Å². The van der Waals surface area contributed by atoms with Gasteiger partial charge in [-0.2, -0.15) is 0 Å². The molecule has 3 aliphatic rings. The van der Waals surface area contributed by atoms with Gasteiger partial charge in [-0.3, -0.25) is 14.4 Å². The Morgan fingerprint density at radius 3 is 2.76 bits per heavy atom. The number of fused-ring (bicyclic) bond motifs is 2. The Morgan fingerprint density at radius 2 is 1.91 bits per heavy atom. The standard InChI is InChI=1S/C28H31N3O3/c32-26(29-16-15-20-8-2-1-3-9-20)22-11-6-10-21(18-22)19-31-24-13-5-4-12-23(24)27(33)30-17-7-14-25(30)28(31)34/h4-6,8,10-13,18,25H,1-3,7,9,14-17,19H2,(H,29,32). The van der Waals surface area contributed by atoms with Crippen molar-refractivity contribution in [2.75, 3.05) is 18.0 Å². The van der Waals surface area contributed by atoms with E-state index in [-0.39, 0.29) is 17.7 Å². The van der Waals surface area contributed by atoms with Crippen LogP contribution in [0, 0.1) is 0 Å². The van der Waals surface area contributed by atoms with Gasteiger partial charge in [0.1, 0.15) is 6.04 Å². The van der Waals surface area contributed by atoms with Gasteiger partial charge in [0.25, 0.3) is 11.8 Å². The Bertz CT molecular complexity index is 1140. The predicted molar refractivity (Wildman–Crippen MR) is 132 cm³/mol. The van der Waals surface area contributed by atoms with Gasteiger partial charge in [0.2, 0.25) is 5.91 Å². The van der Waals surface area contributed by atoms with Gasteiger partial charge in [-0.1, -0.05) is 35.9 Å². The molecule has 1 saturated heterocycles. The summed E-state index contributed by atoms with van der Waals surface area (Å²) in [5.74, 6) is -0.223. The van der Waals surface area contributed by atoms with Crippen molar-refractivity contribution >= 4 is 23.4 Å². The predicted octanol–water partition coefficient (Wildman–Crippen LogP) is 4.46. The number of hydrogen-bond acceptors (Lipinski definition) is 3. The van der Waals surface area contributed by atoms with Crippen molar-refractivity contribution in [3.63, 3.8) is 0 Å². The van der Waals surface area contributed by atoms with Gasteiger partial charge in [0.05, 0.1) is 17.8 Å². The van der Waals surface area contributed by atoms with Gasteiger partial charge >= 0.3 is 0 Å². The molecule has 2 aliphatic heterocycles. The molecule has 6 heteroatoms. The highest BCUT2D eigenvalue weighted by Gasteiger charge is 2.41. The molecule has 2 aromatic rings. The van der Waals surface area contributed by atoms with Crippen molar-refractivity contribution in [1.82, 2.24) is 10.2 Å². The zero-order valence-electron chi connectivity index (χ0n) is 19.5. The number of allylic oxidation sites excluding steroid dienone is 1. The van der Waals surface area contributed by atoms with Gasteiger partial charge in [-0.05, 0) is 74.8 Å². The quantitative estimate of drug-likeness (QED) is 0.651. The minimum atomic E-state index is -0.416. The summed E-state index contributed by atoms with van der Waals surface area (Å²) in [7, 11) is 0. The van der Waals surface area contributed by atoms with Crippen LogP contribution in [0.3, 0.4) is 0 Å². The smallest absolute Gasteiger partial charge is 0.256 e. The van der Waals surface area contributed by atoms with E-state index in [0.29, 0.717) is 42.9 Å². The Kier molecular flexibility index (Phi) is 6.48. The molecular weight excluding hydrogens is 426 g/mol. The first-order valence-corrected chi connectivity index (χ1v) is 12.4. The topological polar surface area (TPSA) is 69.7 Å². The van der Waals surface area contributed by atoms with Crippen molar-refractivity contribution in [2.24, 2.45) is 0 Å². The van der Waals surface area contributed by atoms with Gasteiger partial charge in [0.15, 0.2) is 0 Å². The normalized spacial score (nSPS) is 19.9. The molecule has 1 fully saturated rings. The molecule has 34 heavy (non-hydrogen) atoms. The number of carbonyl (C=O) groups is 3. The average Bonchev–Trinajstić information content (AvgIpc) is 3.35. The number of hydrogen-bond donors (Lipinski definition) is 1. The molecule has 6 nitrogen and oxygen atoms in total. The molecule has 0 saturated carbocycles. The lowest BCUT2D eigenvalue weighted by Crippen LogP contribution is -2.44. The fourth-order valence-corrected chi connectivity index (χ4v) is 5.34. The Labute approximate surface area is 200 Å². The van der Waals surface area contributed by atoms with Crippen LogP contribution in [0.2, 0.25) is 0 Å². The van der Waals surface area contributed by atoms with Crippen molar-refractivity contribution in [1.29, 1.82) is 0 Å². The fourth-order valence-electron chi connectivity index (χ4n) is 5.34. The molecular formula is C28H31N3O3. The number of benzene rings is 2. The average molecular weight is 458 g/mol. The van der Waals surface area contributed by atoms with E-state index in [1.165, 1.54) is 18.4 Å². The van der Waals surface area contributed by atoms with Gasteiger partial charge in [0, 0.05) is 18.7 Å². The van der Waals surface area contributed by atoms with E-state index in [9.17, 15) is 14.4 Å². The summed E-state index contributed by atoms with van der Waals surface area (Å²) in [4.78, 5) is 42.8. The van der Waals surface area contributed by atoms with Crippen LogP contribution in [-0.2, 0) is 11.3 Å². The maximum Gasteiger partial charge on any atom is 0.256 e. The molecule has 1 aliphatic carbocycles. The summed E-state index contributed by atoms with van der Waals surface area (Å²) in [6.07, 6.45) is 9.52. The molecule has 1 N–H and O–H groups in total. The Morgan fingerprint density at radius 1 is 1.03 bits per heavy atom. The van der Waals surface area contributed by atoms with E-state index in [4.69, 9.17) is 0 Å². The number of rotatable bonds is 6. The van der Waals surface area contributed by atoms with E-state index < -0.39 is 6.04 Å². The highest BCUT2D eigenvalue weighted by molar-refractivity contribution is 6.11. The molecule has 0 spiro atoms. The lowest BCUT2D eigenvalue weighted by atomic mass is 9.97. The van der Waals surface area contributed by atoms with Gasteiger partial charge in [-0.15, -0.1) is 0 Å². The first-order chi connectivity index (χ1) is 16.6. The lowest BCUT2D eigenvalue weighted by molar-refractivity contribution is -0.122. The van der Waals surface area contributed by atoms with Crippen LogP contribution < -0.4 is 10.2 Å². The minimum Gasteiger partial charge on any atom is -0.352 e. The summed E-state index contributed by atoms with van der Waals surface area (Å²) in [5, 5.41) is 3.04. The molecule has 2 aromatic carbocycles. The third-order valence-electron chi connectivity index (χ3n) is 7.14. The van der Waals surface area contributed by atoms with E-state index >= 15 is 0 Å². The molecule has 5 rings (SSSR count). The summed E-state index contributed by atoms with van der Waals surface area (Å²) in [6, 6.07) is 14.4. The summed E-state index contributed by atoms with van der Waals surface area (Å²) in [5.41, 5.74) is 4.09. The monoisotopic (exact) mass is 457 g/mol. The molecule has 0 radical (unpaired) electrons. The minimum absolute atomic E-state index is 0.0496. The highest BCUT2D eigenvalue weighted by atomic mass is 16.2. The zero-order chi connectivity index (χ0) is 23.5. The number of nitrogens with zero attached hydrogens (tertiary/aromatic N) is 2. The number of anilines is 1. The second-order valence-electron chi connectivity index (χ2n) is 9.41. The molecule has 176 valence electrons. The molecule has 1 atom stereocenters. The number of carbonyl (C=O) groups excluding carboxylic acids is 3. The van der Waals surface area contributed by atoms with Crippen LogP contribution >= 0.6 is 0 Å². The van der Waals surface area contributed by atoms with E-state index in [2.05, 4.69) is 11.4 Å². The van der Waals surface area contributed by atoms with Crippen LogP contribution in [0.25, 0.3) is 0 Å². The largest absolute Gasteiger partial charge is 0.352 e. The van der Waals surface area contributed by atoms with E-state index in [1.54, 1.807) is 21.9 Å². The summed E-state index contributed by atoms with van der Waals surface area (Å²) in [6.45, 7) is 1.57. The van der Waals surface area contributed by atoms with Crippen molar-refractivity contribution in [3.8, 4) is 0 Å². The van der Waals surface area contributed by atoms with Crippen molar-refractivity contribution in [3.05, 3.63) is 76.9 Å². The van der Waals surface area contributed by atoms with Crippen LogP contribution in [0.1, 0.15) is 71.2 Å². The first kappa shape index (κ1) is 22.4. The number of amides is 3. The number of para-hydroxylation sites is 1. The second kappa shape index (κ2) is 9.84. The van der Waals surface area contributed by atoms with Crippen molar-refractivity contribution in [2.45, 2.75) is 57.5 Å². The maximum atomic E-state index is 13.5. The number of nitrogens with one attached hydrogen (secondary N) is 1. The summed E-state index contributed by atoms with van der Waals surface area (Å²) < 4.78 is 0. The van der Waals surface area contributed by atoms with Crippen LogP contribution in [0.5, 0.6) is 0 Å². The molecule has 1 unspecified atom stereocenters. The lowest BCUT2D eigenvalue weighted by Gasteiger charge is -2.26. The third kappa shape index (κ3) is 4.49. The van der Waals surface area contributed by atoms with Crippen molar-refractivity contribution < 1.29 is 14.4 Å². The SMILES string of the molecule is O=C(NCCC1=CCCCC1)c1cccc(CN2C(=O)C3CCCN3C(=O)c3ccccc32)c1. The molecule has 0 aromatic heterocycles. The second-order valence-corrected chi connectivity index (χ2v) is 9.41. The molecule has 0 bridgehead atoms. The Balaban J connectivity index is 1.32. The molecule has 2 heterocycles. The highest BCUT2D eigenvalue weighted by Crippen LogP contribution is 2.33. The zero-order valence-corrected chi connectivity index (χ0v) is 19.5. The van der Waals surface area contributed by atoms with Crippen LogP contribution in [-0.4, -0.2) is 41.8 Å². The van der Waals surface area contributed by atoms with Crippen LogP contribution in [0.4, 0.5) is 5.69 Å². The third-order valence-corrected chi connectivity index (χ3v) is 7.14. The summed E-state index contributed by atoms with van der Waals surface area (Å²) >= 11 is 0. The van der Waals surface area contributed by atoms with Crippen LogP contribution in [0.15, 0.2) is 60.2 Å². The van der Waals surface area contributed by atoms with E-state index in [1.807, 2.05) is 36.4 Å². The first-order valence-electron chi connectivity index (χ1n) is 12.4. The maximum absolute atomic E-state index is 13.5. The molecule has 3 amide bonds.